The third-order valence-electron chi connectivity index (χ3n) is 3.09. The van der Waals surface area contributed by atoms with Gasteiger partial charge in [0.25, 0.3) is 5.91 Å². The maximum absolute atomic E-state index is 13.4. The molecule has 0 aliphatic rings. The first-order valence-corrected chi connectivity index (χ1v) is 7.20. The van der Waals surface area contributed by atoms with Gasteiger partial charge in [-0.25, -0.2) is 8.78 Å². The van der Waals surface area contributed by atoms with Crippen LogP contribution >= 0.6 is 0 Å². The highest BCUT2D eigenvalue weighted by Gasteiger charge is 2.17. The monoisotopic (exact) mass is 334 g/mol. The molecule has 0 saturated heterocycles. The number of para-hydroxylation sites is 1. The van der Waals surface area contributed by atoms with Crippen molar-refractivity contribution in [3.05, 3.63) is 65.7 Å². The summed E-state index contributed by atoms with van der Waals surface area (Å²) in [4.78, 5) is 23.6. The Labute approximate surface area is 137 Å². The van der Waals surface area contributed by atoms with Gasteiger partial charge in [0.15, 0.2) is 17.7 Å². The Morgan fingerprint density at radius 3 is 2.54 bits per heavy atom. The fourth-order valence-electron chi connectivity index (χ4n) is 1.89. The molecule has 2 amide bonds. The molecule has 0 radical (unpaired) electrons. The van der Waals surface area contributed by atoms with E-state index >= 15 is 0 Å². The maximum Gasteiger partial charge on any atom is 0.279 e. The molecule has 1 atom stereocenters. The van der Waals surface area contributed by atoms with Crippen molar-refractivity contribution in [1.82, 2.24) is 10.9 Å². The molecule has 24 heavy (non-hydrogen) atoms. The molecule has 0 saturated carbocycles. The van der Waals surface area contributed by atoms with Crippen molar-refractivity contribution < 1.29 is 23.1 Å². The maximum atomic E-state index is 13.4. The number of carbonyl (C=O) groups excluding carboxylic acids is 2. The molecule has 7 heteroatoms. The summed E-state index contributed by atoms with van der Waals surface area (Å²) in [6, 6.07) is 11.2. The highest BCUT2D eigenvalue weighted by atomic mass is 19.1. The standard InChI is InChI=1S/C17H16F2N2O3/c1-11(24-15-8-3-2-7-14(15)19)17(23)21-20-16(22)10-12-5-4-6-13(18)9-12/h2-9,11H,10H2,1H3,(H,20,22)(H,21,23). The molecule has 0 aliphatic heterocycles. The van der Waals surface area contributed by atoms with Crippen LogP contribution in [0.25, 0.3) is 0 Å². The molecule has 0 bridgehead atoms. The number of hydrogen-bond donors (Lipinski definition) is 2. The van der Waals surface area contributed by atoms with Crippen LogP contribution in [0.15, 0.2) is 48.5 Å². The zero-order valence-electron chi connectivity index (χ0n) is 12.9. The minimum atomic E-state index is -1.02. The van der Waals surface area contributed by atoms with Crippen LogP contribution in [-0.2, 0) is 16.0 Å². The summed E-state index contributed by atoms with van der Waals surface area (Å²) in [5.41, 5.74) is 4.84. The van der Waals surface area contributed by atoms with Crippen LogP contribution in [0.4, 0.5) is 8.78 Å². The average molecular weight is 334 g/mol. The molecule has 0 aromatic heterocycles. The molecular formula is C17H16F2N2O3. The normalized spacial score (nSPS) is 11.5. The van der Waals surface area contributed by atoms with Gasteiger partial charge in [-0.2, -0.15) is 0 Å². The number of benzene rings is 2. The Balaban J connectivity index is 1.81. The van der Waals surface area contributed by atoms with E-state index in [1.165, 1.54) is 43.3 Å². The van der Waals surface area contributed by atoms with E-state index in [4.69, 9.17) is 4.74 Å². The lowest BCUT2D eigenvalue weighted by Crippen LogP contribution is -2.47. The van der Waals surface area contributed by atoms with Gasteiger partial charge in [-0.3, -0.25) is 20.4 Å². The van der Waals surface area contributed by atoms with E-state index in [9.17, 15) is 18.4 Å². The number of amides is 2. The van der Waals surface area contributed by atoms with Crippen LogP contribution in [0.5, 0.6) is 5.75 Å². The number of halogens is 2. The van der Waals surface area contributed by atoms with E-state index in [2.05, 4.69) is 10.9 Å². The topological polar surface area (TPSA) is 67.4 Å². The summed E-state index contributed by atoms with van der Waals surface area (Å²) >= 11 is 0. The van der Waals surface area contributed by atoms with Crippen molar-refractivity contribution in [2.24, 2.45) is 0 Å². The average Bonchev–Trinajstić information content (AvgIpc) is 2.54. The van der Waals surface area contributed by atoms with E-state index in [0.29, 0.717) is 5.56 Å². The molecule has 2 aromatic carbocycles. The predicted octanol–water partition coefficient (Wildman–Crippen LogP) is 2.12. The summed E-state index contributed by atoms with van der Waals surface area (Å²) in [6.07, 6.45) is -1.11. The first-order valence-electron chi connectivity index (χ1n) is 7.20. The summed E-state index contributed by atoms with van der Waals surface area (Å²) in [5, 5.41) is 0. The van der Waals surface area contributed by atoms with Gasteiger partial charge in [0.1, 0.15) is 5.82 Å². The van der Waals surface area contributed by atoms with E-state index in [1.54, 1.807) is 12.1 Å². The number of carbonyl (C=O) groups is 2. The van der Waals surface area contributed by atoms with Crippen molar-refractivity contribution in [2.75, 3.05) is 0 Å². The number of nitrogens with one attached hydrogen (secondary N) is 2. The van der Waals surface area contributed by atoms with Gasteiger partial charge < -0.3 is 4.74 Å². The molecule has 2 rings (SSSR count). The SMILES string of the molecule is CC(Oc1ccccc1F)C(=O)NNC(=O)Cc1cccc(F)c1. The van der Waals surface area contributed by atoms with Gasteiger partial charge in [-0.15, -0.1) is 0 Å². The molecule has 1 unspecified atom stereocenters. The van der Waals surface area contributed by atoms with E-state index in [1.807, 2.05) is 0 Å². The Morgan fingerprint density at radius 2 is 1.83 bits per heavy atom. The third-order valence-corrected chi connectivity index (χ3v) is 3.09. The number of hydrazine groups is 1. The second kappa shape index (κ2) is 8.05. The Hall–Kier alpha value is -2.96. The summed E-state index contributed by atoms with van der Waals surface area (Å²) in [5.74, 6) is -2.27. The fourth-order valence-corrected chi connectivity index (χ4v) is 1.89. The van der Waals surface area contributed by atoms with Crippen molar-refractivity contribution in [1.29, 1.82) is 0 Å². The van der Waals surface area contributed by atoms with Gasteiger partial charge >= 0.3 is 0 Å². The van der Waals surface area contributed by atoms with Crippen LogP contribution in [0.2, 0.25) is 0 Å². The zero-order chi connectivity index (χ0) is 17.5. The Morgan fingerprint density at radius 1 is 1.08 bits per heavy atom. The van der Waals surface area contributed by atoms with Crippen molar-refractivity contribution in [3.63, 3.8) is 0 Å². The van der Waals surface area contributed by atoms with Crippen molar-refractivity contribution in [2.45, 2.75) is 19.4 Å². The van der Waals surface area contributed by atoms with Crippen molar-refractivity contribution in [3.8, 4) is 5.75 Å². The van der Waals surface area contributed by atoms with E-state index in [0.717, 1.165) is 0 Å². The second-order valence-corrected chi connectivity index (χ2v) is 5.03. The molecule has 0 spiro atoms. The molecule has 5 nitrogen and oxygen atoms in total. The summed E-state index contributed by atoms with van der Waals surface area (Å²) < 4.78 is 31.7. The molecule has 126 valence electrons. The van der Waals surface area contributed by atoms with Gasteiger partial charge in [0.05, 0.1) is 6.42 Å². The quantitative estimate of drug-likeness (QED) is 0.823. The molecule has 2 aromatic rings. The summed E-state index contributed by atoms with van der Waals surface area (Å²) in [6.45, 7) is 1.42. The number of ether oxygens (including phenoxy) is 1. The Bertz CT molecular complexity index is 737. The van der Waals surface area contributed by atoms with Crippen LogP contribution in [0.1, 0.15) is 12.5 Å². The van der Waals surface area contributed by atoms with Gasteiger partial charge in [-0.1, -0.05) is 24.3 Å². The van der Waals surface area contributed by atoms with Crippen LogP contribution in [0.3, 0.4) is 0 Å². The zero-order valence-corrected chi connectivity index (χ0v) is 12.9. The first-order chi connectivity index (χ1) is 11.5. The molecular weight excluding hydrogens is 318 g/mol. The van der Waals surface area contributed by atoms with Gasteiger partial charge in [-0.05, 0) is 36.8 Å². The lowest BCUT2D eigenvalue weighted by atomic mass is 10.1. The second-order valence-electron chi connectivity index (χ2n) is 5.03. The molecule has 2 N–H and O–H groups in total. The smallest absolute Gasteiger partial charge is 0.279 e. The minimum Gasteiger partial charge on any atom is -0.478 e. The fraction of sp³-hybridized carbons (Fsp3) is 0.176. The number of rotatable bonds is 5. The lowest BCUT2D eigenvalue weighted by Gasteiger charge is -2.15. The molecule has 0 heterocycles. The largest absolute Gasteiger partial charge is 0.478 e. The van der Waals surface area contributed by atoms with Crippen molar-refractivity contribution >= 4 is 11.8 Å². The molecule has 0 aliphatic carbocycles. The number of hydrogen-bond acceptors (Lipinski definition) is 3. The van der Waals surface area contributed by atoms with Crippen LogP contribution in [-0.4, -0.2) is 17.9 Å². The van der Waals surface area contributed by atoms with E-state index < -0.39 is 29.6 Å². The third kappa shape index (κ3) is 5.05. The Kier molecular flexibility index (Phi) is 5.83. The summed E-state index contributed by atoms with van der Waals surface area (Å²) in [7, 11) is 0. The predicted molar refractivity (Wildman–Crippen MR) is 82.9 cm³/mol. The first kappa shape index (κ1) is 17.4. The van der Waals surface area contributed by atoms with Crippen LogP contribution in [0, 0.1) is 11.6 Å². The highest BCUT2D eigenvalue weighted by Crippen LogP contribution is 2.16. The minimum absolute atomic E-state index is 0.0637. The van der Waals surface area contributed by atoms with E-state index in [-0.39, 0.29) is 12.2 Å². The van der Waals surface area contributed by atoms with Gasteiger partial charge in [0, 0.05) is 0 Å². The molecule has 0 fully saturated rings. The van der Waals surface area contributed by atoms with Gasteiger partial charge in [0.2, 0.25) is 5.91 Å². The highest BCUT2D eigenvalue weighted by molar-refractivity contribution is 5.85. The van der Waals surface area contributed by atoms with Crippen LogP contribution < -0.4 is 15.6 Å². The lowest BCUT2D eigenvalue weighted by molar-refractivity contribution is -0.132.